The monoisotopic (exact) mass is 498 g/mol. The molecule has 4 N–H and O–H groups in total. The standard InChI is InChI=1S/2C15H11O2.Ti/c2*16-14(12-7-3-1-4-8-12)11-15(17)13-9-5-2-6-10-13;/h2*1-11H;/q2*-1;/p+4. The molecule has 0 saturated carbocycles. The molecule has 4 nitrogen and oxygen atoms in total. The summed E-state index contributed by atoms with van der Waals surface area (Å²) >= 11 is 0. The Labute approximate surface area is 219 Å². The van der Waals surface area contributed by atoms with Crippen LogP contribution in [0, 0.1) is 12.8 Å². The maximum absolute atomic E-state index is 9.83. The summed E-state index contributed by atoms with van der Waals surface area (Å²) in [4.78, 5) is 39.3. The Kier molecular flexibility index (Phi) is 11.1. The van der Waals surface area contributed by atoms with Gasteiger partial charge in [0, 0.05) is 34.6 Å². The molecule has 0 aliphatic heterocycles. The van der Waals surface area contributed by atoms with Crippen molar-refractivity contribution >= 4 is 23.1 Å². The van der Waals surface area contributed by atoms with Crippen molar-refractivity contribution in [1.82, 2.24) is 0 Å². The van der Waals surface area contributed by atoms with Crippen LogP contribution in [-0.2, 0) is 21.7 Å². The molecule has 172 valence electrons. The summed E-state index contributed by atoms with van der Waals surface area (Å²) in [5.74, 6) is 0.192. The zero-order valence-corrected chi connectivity index (χ0v) is 20.6. The van der Waals surface area contributed by atoms with Crippen LogP contribution in [0.3, 0.4) is 0 Å². The van der Waals surface area contributed by atoms with Crippen LogP contribution < -0.4 is 0 Å². The summed E-state index contributed by atoms with van der Waals surface area (Å²) in [5.41, 5.74) is 2.70. The van der Waals surface area contributed by atoms with Crippen LogP contribution in [-0.4, -0.2) is 42.3 Å². The molecule has 0 aromatic heterocycles. The molecule has 35 heavy (non-hydrogen) atoms. The first-order valence-electron chi connectivity index (χ1n) is 10.7. The second-order valence-corrected chi connectivity index (χ2v) is 7.29. The molecule has 0 amide bonds. The van der Waals surface area contributed by atoms with Gasteiger partial charge in [0.25, 0.3) is 23.1 Å². The zero-order valence-electron chi connectivity index (χ0n) is 19.0. The van der Waals surface area contributed by atoms with E-state index >= 15 is 0 Å². The van der Waals surface area contributed by atoms with Crippen molar-refractivity contribution in [3.05, 3.63) is 156 Å². The van der Waals surface area contributed by atoms with Gasteiger partial charge in [-0.15, -0.1) is 48.5 Å². The van der Waals surface area contributed by atoms with E-state index in [1.54, 1.807) is 48.5 Å². The number of ketones is 4. The zero-order chi connectivity index (χ0) is 24.2. The Morgan fingerprint density at radius 3 is 0.686 bits per heavy atom. The Balaban J connectivity index is 0.000000240. The van der Waals surface area contributed by atoms with E-state index in [0.29, 0.717) is 22.3 Å². The molecule has 0 heterocycles. The molecule has 4 aromatic carbocycles. The maximum Gasteiger partial charge on any atom is 0.255 e. The largest absolute Gasteiger partial charge is 0.300 e. The molecule has 0 saturated heterocycles. The molecule has 0 spiro atoms. The van der Waals surface area contributed by atoms with E-state index in [9.17, 15) is 19.2 Å². The van der Waals surface area contributed by atoms with E-state index < -0.39 is 0 Å². The first-order chi connectivity index (χ1) is 16.5. The van der Waals surface area contributed by atoms with Gasteiger partial charge in [0.1, 0.15) is 0 Å². The van der Waals surface area contributed by atoms with Gasteiger partial charge in [-0.05, 0) is 22.3 Å². The molecule has 0 bridgehead atoms. The topological polar surface area (TPSA) is 85.6 Å². The maximum atomic E-state index is 9.83. The van der Waals surface area contributed by atoms with Crippen molar-refractivity contribution in [3.8, 4) is 0 Å². The minimum Gasteiger partial charge on any atom is -0.300 e. The predicted molar refractivity (Wildman–Crippen MR) is 139 cm³/mol. The molecule has 0 fully saturated rings. The fourth-order valence-electron chi connectivity index (χ4n) is 3.03. The van der Waals surface area contributed by atoms with Gasteiger partial charge in [-0.1, -0.05) is 72.8 Å². The van der Waals surface area contributed by atoms with Crippen LogP contribution in [0.2, 0.25) is 0 Å². The summed E-state index contributed by atoms with van der Waals surface area (Å²) < 4.78 is 0. The summed E-state index contributed by atoms with van der Waals surface area (Å²) in [6, 6.07) is 36.4. The normalized spacial score (nSPS) is 9.37. The third-order valence-corrected chi connectivity index (χ3v) is 4.83. The molecule has 5 heteroatoms. The molecule has 4 rings (SSSR count). The number of hydrogen-bond donors (Lipinski definition) is 0. The van der Waals surface area contributed by atoms with Gasteiger partial charge in [0.15, 0.2) is 0 Å². The van der Waals surface area contributed by atoms with Crippen molar-refractivity contribution in [2.75, 3.05) is 0 Å². The van der Waals surface area contributed by atoms with Crippen molar-refractivity contribution in [1.29, 1.82) is 0 Å². The molecular weight excluding hydrogens is 472 g/mol. The summed E-state index contributed by atoms with van der Waals surface area (Å²) in [7, 11) is 0. The number of hydrogen-bond acceptors (Lipinski definition) is 0. The van der Waals surface area contributed by atoms with Gasteiger partial charge < -0.3 is 19.2 Å². The Bertz CT molecular complexity index is 1040. The third kappa shape index (κ3) is 8.71. The van der Waals surface area contributed by atoms with E-state index in [0.717, 1.165) is 0 Å². The summed E-state index contributed by atoms with van der Waals surface area (Å²) in [6.07, 6.45) is 2.70. The van der Waals surface area contributed by atoms with Crippen molar-refractivity contribution in [3.63, 3.8) is 0 Å². The van der Waals surface area contributed by atoms with Gasteiger partial charge in [0.05, 0.1) is 0 Å². The first kappa shape index (κ1) is 27.3. The average Bonchev–Trinajstić information content (AvgIpc) is 2.91. The van der Waals surface area contributed by atoms with E-state index in [1.807, 2.05) is 72.8 Å². The van der Waals surface area contributed by atoms with Crippen LogP contribution in [0.4, 0.5) is 0 Å². The fraction of sp³-hybridized carbons (Fsp3) is 0. The van der Waals surface area contributed by atoms with Crippen LogP contribution in [0.15, 0.2) is 121 Å². The smallest absolute Gasteiger partial charge is 0.255 e. The second kappa shape index (κ2) is 14.3. The quantitative estimate of drug-likeness (QED) is 0.110. The van der Waals surface area contributed by atoms with E-state index in [-0.39, 0.29) is 44.9 Å². The minimum absolute atomic E-state index is 0. The molecule has 0 aliphatic rings. The van der Waals surface area contributed by atoms with Gasteiger partial charge in [-0.3, -0.25) is 0 Å². The molecule has 0 aliphatic carbocycles. The molecule has 0 unspecified atom stereocenters. The van der Waals surface area contributed by atoms with Crippen LogP contribution in [0.25, 0.3) is 0 Å². The SMILES string of the molecule is [OH+]=C([CH-]C(=[OH+])c1ccccc1)c1ccccc1.[OH+]=C([CH-]C(=[OH+])c1ccccc1)c1ccccc1.[Ti]. The first-order valence-corrected chi connectivity index (χ1v) is 10.7. The van der Waals surface area contributed by atoms with E-state index in [2.05, 4.69) is 0 Å². The van der Waals surface area contributed by atoms with Gasteiger partial charge in [0.2, 0.25) is 0 Å². The average molecular weight is 498 g/mol. The van der Waals surface area contributed by atoms with Crippen LogP contribution in [0.1, 0.15) is 22.3 Å². The van der Waals surface area contributed by atoms with Crippen LogP contribution >= 0.6 is 0 Å². The Hall–Kier alpha value is -3.99. The molecular formula is C30H26O4Ti+2. The van der Waals surface area contributed by atoms with Crippen molar-refractivity contribution in [2.45, 2.75) is 0 Å². The Morgan fingerprint density at radius 1 is 0.343 bits per heavy atom. The van der Waals surface area contributed by atoms with Crippen LogP contribution in [0.5, 0.6) is 0 Å². The predicted octanol–water partition coefficient (Wildman–Crippen LogP) is 4.75. The number of benzene rings is 4. The van der Waals surface area contributed by atoms with Crippen molar-refractivity contribution in [2.24, 2.45) is 0 Å². The fourth-order valence-corrected chi connectivity index (χ4v) is 3.03. The van der Waals surface area contributed by atoms with Gasteiger partial charge >= 0.3 is 0 Å². The summed E-state index contributed by atoms with van der Waals surface area (Å²) in [5, 5.41) is 0. The van der Waals surface area contributed by atoms with E-state index in [1.165, 1.54) is 12.8 Å². The minimum atomic E-state index is 0. The molecule has 0 atom stereocenters. The molecule has 4 aromatic rings. The van der Waals surface area contributed by atoms with Crippen molar-refractivity contribution < 1.29 is 40.9 Å². The molecule has 0 radical (unpaired) electrons. The number of carbonyl (C=O) groups excluding carboxylic acids is 4. The number of rotatable bonds is 8. The Morgan fingerprint density at radius 2 is 0.514 bits per heavy atom. The van der Waals surface area contributed by atoms with E-state index in [4.69, 9.17) is 0 Å². The third-order valence-electron chi connectivity index (χ3n) is 4.83. The summed E-state index contributed by atoms with van der Waals surface area (Å²) in [6.45, 7) is 0. The van der Waals surface area contributed by atoms with Gasteiger partial charge in [-0.2, -0.15) is 0 Å². The second-order valence-electron chi connectivity index (χ2n) is 7.29. The van der Waals surface area contributed by atoms with Gasteiger partial charge in [-0.25, -0.2) is 0 Å².